The monoisotopic (exact) mass is 291 g/mol. The summed E-state index contributed by atoms with van der Waals surface area (Å²) in [6.45, 7) is 3.86. The lowest BCUT2D eigenvalue weighted by Crippen LogP contribution is -2.09. The number of hydrogen-bond donors (Lipinski definition) is 0. The Morgan fingerprint density at radius 1 is 1.43 bits per heavy atom. The van der Waals surface area contributed by atoms with E-state index in [0.717, 1.165) is 18.4 Å². The van der Waals surface area contributed by atoms with Crippen molar-refractivity contribution in [3.63, 3.8) is 0 Å². The first-order valence-corrected chi connectivity index (χ1v) is 6.75. The Morgan fingerprint density at radius 3 is 2.71 bits per heavy atom. The molecule has 0 radical (unpaired) electrons. The molecular formula is C13H14FN5O2. The second-order valence-electron chi connectivity index (χ2n) is 5.50. The average Bonchev–Trinajstić information content (AvgIpc) is 3.15. The lowest BCUT2D eigenvalue weighted by molar-refractivity contribution is -0.387. The molecule has 8 heteroatoms. The van der Waals surface area contributed by atoms with E-state index in [9.17, 15) is 14.5 Å². The third-order valence-electron chi connectivity index (χ3n) is 3.55. The molecule has 1 aliphatic rings. The van der Waals surface area contributed by atoms with Crippen molar-refractivity contribution in [2.75, 3.05) is 0 Å². The second kappa shape index (κ2) is 4.87. The fourth-order valence-electron chi connectivity index (χ4n) is 2.34. The summed E-state index contributed by atoms with van der Waals surface area (Å²) in [5.41, 5.74) is 0.672. The number of aromatic nitrogens is 4. The van der Waals surface area contributed by atoms with E-state index in [1.165, 1.54) is 16.8 Å². The fourth-order valence-corrected chi connectivity index (χ4v) is 2.34. The normalized spacial score (nSPS) is 14.7. The Morgan fingerprint density at radius 2 is 2.14 bits per heavy atom. The van der Waals surface area contributed by atoms with E-state index < -0.39 is 16.4 Å². The standard InChI is InChI=1S/C13H14FN5O2/c1-7(2)13-15-16-17-18(13)11-6-12(19(20)21)10(14)5-9(11)8-3-4-8/h5-8H,3-4H2,1-2H3. The van der Waals surface area contributed by atoms with E-state index in [4.69, 9.17) is 0 Å². The van der Waals surface area contributed by atoms with Crippen LogP contribution in [-0.2, 0) is 0 Å². The highest BCUT2D eigenvalue weighted by molar-refractivity contribution is 5.52. The molecule has 0 atom stereocenters. The predicted octanol–water partition coefficient (Wildman–Crippen LogP) is 2.71. The second-order valence-corrected chi connectivity index (χ2v) is 5.50. The summed E-state index contributed by atoms with van der Waals surface area (Å²) in [6, 6.07) is 2.47. The maximum Gasteiger partial charge on any atom is 0.306 e. The predicted molar refractivity (Wildman–Crippen MR) is 71.8 cm³/mol. The molecule has 110 valence electrons. The van der Waals surface area contributed by atoms with Crippen LogP contribution < -0.4 is 0 Å². The number of benzene rings is 1. The van der Waals surface area contributed by atoms with Crippen LogP contribution >= 0.6 is 0 Å². The van der Waals surface area contributed by atoms with Crippen LogP contribution in [-0.4, -0.2) is 25.1 Å². The van der Waals surface area contributed by atoms with Crippen LogP contribution in [0.2, 0.25) is 0 Å². The number of nitro groups is 1. The number of nitro benzene ring substituents is 1. The van der Waals surface area contributed by atoms with Gasteiger partial charge in [-0.2, -0.15) is 9.07 Å². The molecule has 3 rings (SSSR count). The SMILES string of the molecule is CC(C)c1nnnn1-c1cc([N+](=O)[O-])c(F)cc1C1CC1. The van der Waals surface area contributed by atoms with Crippen molar-refractivity contribution in [2.45, 2.75) is 38.5 Å². The van der Waals surface area contributed by atoms with E-state index >= 15 is 0 Å². The minimum atomic E-state index is -0.815. The number of hydrogen-bond acceptors (Lipinski definition) is 5. The zero-order valence-corrected chi connectivity index (χ0v) is 11.7. The van der Waals surface area contributed by atoms with Gasteiger partial charge in [0.25, 0.3) is 0 Å². The van der Waals surface area contributed by atoms with Crippen LogP contribution in [0.5, 0.6) is 0 Å². The summed E-state index contributed by atoms with van der Waals surface area (Å²) in [4.78, 5) is 10.2. The van der Waals surface area contributed by atoms with Crippen LogP contribution in [0.1, 0.15) is 49.9 Å². The van der Waals surface area contributed by atoms with Crippen LogP contribution in [0.25, 0.3) is 5.69 Å². The summed E-state index contributed by atoms with van der Waals surface area (Å²) < 4.78 is 15.3. The summed E-state index contributed by atoms with van der Waals surface area (Å²) in [6.07, 6.45) is 1.90. The van der Waals surface area contributed by atoms with Gasteiger partial charge in [-0.15, -0.1) is 5.10 Å². The van der Waals surface area contributed by atoms with Gasteiger partial charge in [-0.25, -0.2) is 0 Å². The van der Waals surface area contributed by atoms with Gasteiger partial charge in [0.2, 0.25) is 5.82 Å². The van der Waals surface area contributed by atoms with Crippen LogP contribution in [0, 0.1) is 15.9 Å². The lowest BCUT2D eigenvalue weighted by atomic mass is 10.1. The minimum Gasteiger partial charge on any atom is -0.258 e. The van der Waals surface area contributed by atoms with Crippen LogP contribution in [0.15, 0.2) is 12.1 Å². The van der Waals surface area contributed by atoms with Crippen molar-refractivity contribution in [2.24, 2.45) is 0 Å². The van der Waals surface area contributed by atoms with Gasteiger partial charge >= 0.3 is 5.69 Å². The minimum absolute atomic E-state index is 0.0520. The van der Waals surface area contributed by atoms with Gasteiger partial charge < -0.3 is 0 Å². The van der Waals surface area contributed by atoms with E-state index in [1.807, 2.05) is 13.8 Å². The maximum absolute atomic E-state index is 13.9. The van der Waals surface area contributed by atoms with Crippen molar-refractivity contribution >= 4 is 5.69 Å². The van der Waals surface area contributed by atoms with Gasteiger partial charge in [0.1, 0.15) is 0 Å². The molecular weight excluding hydrogens is 277 g/mol. The van der Waals surface area contributed by atoms with E-state index in [2.05, 4.69) is 15.5 Å². The average molecular weight is 291 g/mol. The topological polar surface area (TPSA) is 86.7 Å². The number of rotatable bonds is 4. The molecule has 0 N–H and O–H groups in total. The van der Waals surface area contributed by atoms with Gasteiger partial charge in [0.15, 0.2) is 5.82 Å². The Bertz CT molecular complexity index is 709. The summed E-state index contributed by atoms with van der Waals surface area (Å²) >= 11 is 0. The fraction of sp³-hybridized carbons (Fsp3) is 0.462. The smallest absolute Gasteiger partial charge is 0.258 e. The van der Waals surface area contributed by atoms with Crippen molar-refractivity contribution in [1.82, 2.24) is 20.2 Å². The Labute approximate surface area is 119 Å². The first-order valence-electron chi connectivity index (χ1n) is 6.75. The Hall–Kier alpha value is -2.38. The van der Waals surface area contributed by atoms with Crippen molar-refractivity contribution in [3.05, 3.63) is 39.5 Å². The first-order chi connectivity index (χ1) is 9.99. The highest BCUT2D eigenvalue weighted by atomic mass is 19.1. The summed E-state index contributed by atoms with van der Waals surface area (Å²) in [7, 11) is 0. The molecule has 1 aliphatic carbocycles. The molecule has 0 saturated heterocycles. The maximum atomic E-state index is 13.9. The molecule has 7 nitrogen and oxygen atoms in total. The zero-order chi connectivity index (χ0) is 15.1. The molecule has 2 aromatic rings. The van der Waals surface area contributed by atoms with Gasteiger partial charge in [0, 0.05) is 12.0 Å². The van der Waals surface area contributed by atoms with E-state index in [0.29, 0.717) is 11.5 Å². The summed E-state index contributed by atoms with van der Waals surface area (Å²) in [5.74, 6) is 0.0540. The van der Waals surface area contributed by atoms with Crippen LogP contribution in [0.3, 0.4) is 0 Å². The molecule has 0 spiro atoms. The largest absolute Gasteiger partial charge is 0.306 e. The molecule has 0 amide bonds. The lowest BCUT2D eigenvalue weighted by Gasteiger charge is -2.12. The van der Waals surface area contributed by atoms with E-state index in [-0.39, 0.29) is 11.8 Å². The van der Waals surface area contributed by atoms with Gasteiger partial charge in [0.05, 0.1) is 10.6 Å². The van der Waals surface area contributed by atoms with Gasteiger partial charge in [-0.1, -0.05) is 13.8 Å². The zero-order valence-electron chi connectivity index (χ0n) is 11.7. The number of halogens is 1. The molecule has 1 heterocycles. The third-order valence-corrected chi connectivity index (χ3v) is 3.55. The van der Waals surface area contributed by atoms with Crippen molar-refractivity contribution < 1.29 is 9.31 Å². The molecule has 1 saturated carbocycles. The van der Waals surface area contributed by atoms with Gasteiger partial charge in [-0.05, 0) is 40.8 Å². The Balaban J connectivity index is 2.21. The van der Waals surface area contributed by atoms with Crippen molar-refractivity contribution in [1.29, 1.82) is 0 Å². The summed E-state index contributed by atoms with van der Waals surface area (Å²) in [5, 5.41) is 22.5. The highest BCUT2D eigenvalue weighted by Crippen LogP contribution is 2.44. The first kappa shape index (κ1) is 13.6. The van der Waals surface area contributed by atoms with Crippen LogP contribution in [0.4, 0.5) is 10.1 Å². The molecule has 0 unspecified atom stereocenters. The quantitative estimate of drug-likeness (QED) is 0.638. The molecule has 1 fully saturated rings. The third kappa shape index (κ3) is 2.37. The Kier molecular flexibility index (Phi) is 3.15. The van der Waals surface area contributed by atoms with Gasteiger partial charge in [-0.3, -0.25) is 10.1 Å². The molecule has 1 aromatic carbocycles. The number of tetrazole rings is 1. The van der Waals surface area contributed by atoms with E-state index in [1.54, 1.807) is 0 Å². The number of nitrogens with zero attached hydrogens (tertiary/aromatic N) is 5. The molecule has 1 aromatic heterocycles. The molecule has 21 heavy (non-hydrogen) atoms. The molecule has 0 bridgehead atoms. The molecule has 0 aliphatic heterocycles. The highest BCUT2D eigenvalue weighted by Gasteiger charge is 2.31. The van der Waals surface area contributed by atoms with Crippen molar-refractivity contribution in [3.8, 4) is 5.69 Å².